The van der Waals surface area contributed by atoms with Crippen LogP contribution in [0.4, 0.5) is 4.39 Å². The molecule has 0 amide bonds. The van der Waals surface area contributed by atoms with Crippen LogP contribution in [0.2, 0.25) is 0 Å². The maximum atomic E-state index is 13.9. The monoisotopic (exact) mass is 292 g/mol. The Morgan fingerprint density at radius 3 is 2.71 bits per heavy atom. The molecule has 1 aromatic rings. The SMILES string of the molecule is COC(=O)c1ccc(CN(CCC#N)CC(C)C)cc1F. The van der Waals surface area contributed by atoms with E-state index in [9.17, 15) is 9.18 Å². The molecule has 0 aromatic heterocycles. The van der Waals surface area contributed by atoms with Gasteiger partial charge in [0, 0.05) is 26.1 Å². The average Bonchev–Trinajstić information content (AvgIpc) is 2.43. The summed E-state index contributed by atoms with van der Waals surface area (Å²) in [6.45, 7) is 6.23. The number of benzene rings is 1. The summed E-state index contributed by atoms with van der Waals surface area (Å²) in [6.07, 6.45) is 0.440. The highest BCUT2D eigenvalue weighted by Crippen LogP contribution is 2.14. The van der Waals surface area contributed by atoms with Crippen LogP contribution in [0.1, 0.15) is 36.2 Å². The summed E-state index contributed by atoms with van der Waals surface area (Å²) >= 11 is 0. The van der Waals surface area contributed by atoms with Crippen molar-refractivity contribution in [1.82, 2.24) is 4.90 Å². The van der Waals surface area contributed by atoms with Crippen molar-refractivity contribution < 1.29 is 13.9 Å². The van der Waals surface area contributed by atoms with Crippen molar-refractivity contribution in [1.29, 1.82) is 5.26 Å². The molecule has 0 spiro atoms. The first kappa shape index (κ1) is 17.1. The highest BCUT2D eigenvalue weighted by Gasteiger charge is 2.14. The van der Waals surface area contributed by atoms with E-state index >= 15 is 0 Å². The van der Waals surface area contributed by atoms with E-state index in [1.165, 1.54) is 19.2 Å². The fraction of sp³-hybridized carbons (Fsp3) is 0.500. The van der Waals surface area contributed by atoms with Gasteiger partial charge in [0.25, 0.3) is 0 Å². The van der Waals surface area contributed by atoms with Crippen LogP contribution < -0.4 is 0 Å². The lowest BCUT2D eigenvalue weighted by atomic mass is 10.1. The molecule has 0 atom stereocenters. The van der Waals surface area contributed by atoms with Crippen molar-refractivity contribution in [2.24, 2.45) is 5.92 Å². The molecule has 1 rings (SSSR count). The summed E-state index contributed by atoms with van der Waals surface area (Å²) in [5, 5.41) is 8.70. The molecule has 0 N–H and O–H groups in total. The molecule has 0 unspecified atom stereocenters. The second-order valence-electron chi connectivity index (χ2n) is 5.34. The van der Waals surface area contributed by atoms with Gasteiger partial charge in [0.05, 0.1) is 18.7 Å². The third kappa shape index (κ3) is 5.52. The van der Waals surface area contributed by atoms with Gasteiger partial charge in [-0.15, -0.1) is 0 Å². The number of carbonyl (C=O) groups excluding carboxylic acids is 1. The summed E-state index contributed by atoms with van der Waals surface area (Å²) < 4.78 is 18.4. The minimum Gasteiger partial charge on any atom is -0.465 e. The first-order valence-electron chi connectivity index (χ1n) is 6.94. The maximum absolute atomic E-state index is 13.9. The molecule has 0 saturated heterocycles. The van der Waals surface area contributed by atoms with Crippen molar-refractivity contribution in [3.63, 3.8) is 0 Å². The molecule has 21 heavy (non-hydrogen) atoms. The molecular formula is C16H21FN2O2. The molecule has 0 aliphatic heterocycles. The smallest absolute Gasteiger partial charge is 0.340 e. The predicted molar refractivity (Wildman–Crippen MR) is 78.1 cm³/mol. The Hall–Kier alpha value is -1.93. The van der Waals surface area contributed by atoms with Gasteiger partial charge in [0.2, 0.25) is 0 Å². The van der Waals surface area contributed by atoms with E-state index in [4.69, 9.17) is 5.26 Å². The molecular weight excluding hydrogens is 271 g/mol. The fourth-order valence-electron chi connectivity index (χ4n) is 2.15. The molecule has 0 aliphatic rings. The molecule has 0 radical (unpaired) electrons. The van der Waals surface area contributed by atoms with Crippen LogP contribution in [0.5, 0.6) is 0 Å². The minimum absolute atomic E-state index is 0.0614. The number of nitrogens with zero attached hydrogens (tertiary/aromatic N) is 2. The van der Waals surface area contributed by atoms with Crippen molar-refractivity contribution in [3.05, 3.63) is 35.1 Å². The lowest BCUT2D eigenvalue weighted by Gasteiger charge is -2.23. The summed E-state index contributed by atoms with van der Waals surface area (Å²) in [7, 11) is 1.22. The van der Waals surface area contributed by atoms with Gasteiger partial charge in [-0.05, 0) is 23.6 Å². The molecule has 114 valence electrons. The van der Waals surface area contributed by atoms with E-state index in [1.54, 1.807) is 6.07 Å². The summed E-state index contributed by atoms with van der Waals surface area (Å²) in [4.78, 5) is 13.5. The first-order valence-corrected chi connectivity index (χ1v) is 6.94. The van der Waals surface area contributed by atoms with Crippen molar-refractivity contribution in [2.45, 2.75) is 26.8 Å². The molecule has 5 heteroatoms. The molecule has 0 fully saturated rings. The van der Waals surface area contributed by atoms with E-state index in [0.717, 1.165) is 12.1 Å². The second kappa shape index (κ2) is 8.38. The van der Waals surface area contributed by atoms with Gasteiger partial charge in [-0.2, -0.15) is 5.26 Å². The number of methoxy groups -OCH3 is 1. The summed E-state index contributed by atoms with van der Waals surface area (Å²) in [5.41, 5.74) is 0.715. The van der Waals surface area contributed by atoms with Gasteiger partial charge in [-0.1, -0.05) is 19.9 Å². The lowest BCUT2D eigenvalue weighted by Crippen LogP contribution is -2.28. The molecule has 0 bridgehead atoms. The Morgan fingerprint density at radius 2 is 2.19 bits per heavy atom. The normalized spacial score (nSPS) is 10.7. The zero-order valence-electron chi connectivity index (χ0n) is 12.7. The van der Waals surface area contributed by atoms with Gasteiger partial charge in [0.15, 0.2) is 0 Å². The fourth-order valence-corrected chi connectivity index (χ4v) is 2.15. The standard InChI is InChI=1S/C16H21FN2O2/c1-12(2)10-19(8-4-7-18)11-13-5-6-14(15(17)9-13)16(20)21-3/h5-6,9,12H,4,8,10-11H2,1-3H3. The Bertz CT molecular complexity index is 523. The lowest BCUT2D eigenvalue weighted by molar-refractivity contribution is 0.0595. The van der Waals surface area contributed by atoms with Crippen LogP contribution in [0.15, 0.2) is 18.2 Å². The van der Waals surface area contributed by atoms with Crippen molar-refractivity contribution >= 4 is 5.97 Å². The number of carbonyl (C=O) groups is 1. The van der Waals surface area contributed by atoms with Crippen LogP contribution in [0, 0.1) is 23.1 Å². The number of halogens is 1. The first-order chi connectivity index (χ1) is 9.97. The Balaban J connectivity index is 2.82. The number of nitriles is 1. The van der Waals surface area contributed by atoms with Crippen LogP contribution in [-0.2, 0) is 11.3 Å². The number of hydrogen-bond acceptors (Lipinski definition) is 4. The number of hydrogen-bond donors (Lipinski definition) is 0. The predicted octanol–water partition coefficient (Wildman–Crippen LogP) is 2.98. The van der Waals surface area contributed by atoms with Crippen LogP contribution >= 0.6 is 0 Å². The third-order valence-corrected chi connectivity index (χ3v) is 3.01. The highest BCUT2D eigenvalue weighted by atomic mass is 19.1. The summed E-state index contributed by atoms with van der Waals surface area (Å²) in [6, 6.07) is 6.63. The molecule has 0 heterocycles. The largest absolute Gasteiger partial charge is 0.465 e. The van der Waals surface area contributed by atoms with Gasteiger partial charge in [0.1, 0.15) is 5.82 Å². The molecule has 4 nitrogen and oxygen atoms in total. The number of esters is 1. The van der Waals surface area contributed by atoms with Crippen LogP contribution in [0.3, 0.4) is 0 Å². The molecule has 0 aliphatic carbocycles. The average molecular weight is 292 g/mol. The van der Waals surface area contributed by atoms with Crippen LogP contribution in [-0.4, -0.2) is 31.1 Å². The van der Waals surface area contributed by atoms with E-state index in [0.29, 0.717) is 25.4 Å². The zero-order chi connectivity index (χ0) is 15.8. The van der Waals surface area contributed by atoms with E-state index in [2.05, 4.69) is 29.6 Å². The van der Waals surface area contributed by atoms with Crippen LogP contribution in [0.25, 0.3) is 0 Å². The number of rotatable bonds is 7. The maximum Gasteiger partial charge on any atom is 0.340 e. The Kier molecular flexibility index (Phi) is 6.83. The van der Waals surface area contributed by atoms with Gasteiger partial charge < -0.3 is 4.74 Å². The number of ether oxygens (including phenoxy) is 1. The zero-order valence-corrected chi connectivity index (χ0v) is 12.7. The van der Waals surface area contributed by atoms with E-state index in [1.807, 2.05) is 0 Å². The quantitative estimate of drug-likeness (QED) is 0.725. The summed E-state index contributed by atoms with van der Waals surface area (Å²) in [5.74, 6) is -0.797. The highest BCUT2D eigenvalue weighted by molar-refractivity contribution is 5.89. The van der Waals surface area contributed by atoms with Crippen molar-refractivity contribution in [2.75, 3.05) is 20.2 Å². The van der Waals surface area contributed by atoms with Gasteiger partial charge in [-0.3, -0.25) is 4.90 Å². The molecule has 0 saturated carbocycles. The van der Waals surface area contributed by atoms with Gasteiger partial charge >= 0.3 is 5.97 Å². The minimum atomic E-state index is -0.678. The van der Waals surface area contributed by atoms with Crippen molar-refractivity contribution in [3.8, 4) is 6.07 Å². The Morgan fingerprint density at radius 1 is 1.48 bits per heavy atom. The van der Waals surface area contributed by atoms with Gasteiger partial charge in [-0.25, -0.2) is 9.18 Å². The molecule has 1 aromatic carbocycles. The second-order valence-corrected chi connectivity index (χ2v) is 5.34. The van der Waals surface area contributed by atoms with E-state index in [-0.39, 0.29) is 5.56 Å². The van der Waals surface area contributed by atoms with E-state index < -0.39 is 11.8 Å². The Labute approximate surface area is 125 Å². The third-order valence-electron chi connectivity index (χ3n) is 3.01. The topological polar surface area (TPSA) is 53.3 Å².